The highest BCUT2D eigenvalue weighted by molar-refractivity contribution is 6.01. The third-order valence-electron chi connectivity index (χ3n) is 5.54. The van der Waals surface area contributed by atoms with Crippen LogP contribution in [0.15, 0.2) is 47.1 Å². The number of carbonyl (C=O) groups is 4. The van der Waals surface area contributed by atoms with Gasteiger partial charge < -0.3 is 31.0 Å². The second-order valence-electron chi connectivity index (χ2n) is 8.23. The number of benzene rings is 1. The van der Waals surface area contributed by atoms with Gasteiger partial charge in [0.1, 0.15) is 12.1 Å². The first-order chi connectivity index (χ1) is 17.4. The summed E-state index contributed by atoms with van der Waals surface area (Å²) in [5.74, 6) is -1.04. The van der Waals surface area contributed by atoms with Crippen molar-refractivity contribution < 1.29 is 54.7 Å². The van der Waals surface area contributed by atoms with E-state index in [-0.39, 0.29) is 42.9 Å². The summed E-state index contributed by atoms with van der Waals surface area (Å²) in [4.78, 5) is 55.8. The number of aromatic nitrogens is 2. The minimum absolute atomic E-state index is 0. The molecule has 1 saturated heterocycles. The number of fused-ring (bicyclic) bond motifs is 1. The van der Waals surface area contributed by atoms with Crippen molar-refractivity contribution >= 4 is 40.7 Å². The molecule has 2 aromatic heterocycles. The van der Waals surface area contributed by atoms with Crippen molar-refractivity contribution in [2.24, 2.45) is 0 Å². The lowest BCUT2D eigenvalue weighted by Gasteiger charge is -2.12. The predicted molar refractivity (Wildman–Crippen MR) is 126 cm³/mol. The summed E-state index contributed by atoms with van der Waals surface area (Å²) in [6.45, 7) is 2.78. The molecule has 11 nitrogen and oxygen atoms in total. The average molecular weight is 575 g/mol. The van der Waals surface area contributed by atoms with Gasteiger partial charge in [-0.25, -0.2) is 19.1 Å². The molecule has 1 N–H and O–H groups in total. The number of rotatable bonds is 10. The number of imide groups is 1. The normalized spacial score (nSPS) is 12.9. The van der Waals surface area contributed by atoms with Crippen LogP contribution in [-0.4, -0.2) is 40.5 Å². The predicted octanol–water partition coefficient (Wildman–Crippen LogP) is 0.522. The summed E-state index contributed by atoms with van der Waals surface area (Å²) in [6.07, 6.45) is 5.89. The van der Waals surface area contributed by atoms with Crippen LogP contribution in [0.2, 0.25) is 0 Å². The van der Waals surface area contributed by atoms with Crippen molar-refractivity contribution in [3.63, 3.8) is 0 Å². The molecule has 12 heteroatoms. The van der Waals surface area contributed by atoms with Gasteiger partial charge in [-0.1, -0.05) is 0 Å². The average Bonchev–Trinajstić information content (AvgIpc) is 3.42. The zero-order valence-electron chi connectivity index (χ0n) is 20.3. The summed E-state index contributed by atoms with van der Waals surface area (Å²) < 4.78 is 12.8. The van der Waals surface area contributed by atoms with Crippen LogP contribution in [0, 0.1) is 0 Å². The molecule has 0 saturated carbocycles. The summed E-state index contributed by atoms with van der Waals surface area (Å²) in [5.41, 5.74) is 2.60. The summed E-state index contributed by atoms with van der Waals surface area (Å²) in [5, 5.41) is 3.22. The van der Waals surface area contributed by atoms with Crippen LogP contribution in [0.25, 0.3) is 22.6 Å². The van der Waals surface area contributed by atoms with Gasteiger partial charge in [0, 0.05) is 55.1 Å². The number of hydrogen-bond donors (Lipinski definition) is 1. The monoisotopic (exact) mass is 574 g/mol. The Balaban J connectivity index is 0.00000380. The fourth-order valence-corrected chi connectivity index (χ4v) is 3.71. The molecule has 1 aliphatic rings. The first-order valence-electron chi connectivity index (χ1n) is 11.8. The van der Waals surface area contributed by atoms with Crippen LogP contribution in [-0.2, 0) is 30.5 Å². The van der Waals surface area contributed by atoms with Crippen molar-refractivity contribution in [1.29, 1.82) is 0 Å². The molecule has 1 fully saturated rings. The highest BCUT2D eigenvalue weighted by Gasteiger charge is 2.32. The van der Waals surface area contributed by atoms with Gasteiger partial charge in [-0.05, 0) is 31.9 Å². The lowest BCUT2D eigenvalue weighted by Crippen LogP contribution is -3.00. The Labute approximate surface area is 223 Å². The van der Waals surface area contributed by atoms with Gasteiger partial charge in [-0.2, -0.15) is 0 Å². The number of nitrogens with one attached hydrogen (secondary N) is 1. The van der Waals surface area contributed by atoms with E-state index < -0.39 is 23.9 Å². The molecule has 1 aromatic carbocycles. The van der Waals surface area contributed by atoms with E-state index in [2.05, 4.69) is 10.3 Å². The molecule has 1 aliphatic heterocycles. The molecular formula is C25H27BrN4O7. The largest absolute Gasteiger partial charge is 1.00 e. The van der Waals surface area contributed by atoms with Crippen molar-refractivity contribution in [2.45, 2.75) is 52.0 Å². The Kier molecular flexibility index (Phi) is 9.72. The van der Waals surface area contributed by atoms with E-state index in [0.717, 1.165) is 24.9 Å². The third kappa shape index (κ3) is 7.35. The summed E-state index contributed by atoms with van der Waals surface area (Å²) >= 11 is 0. The second kappa shape index (κ2) is 12.9. The van der Waals surface area contributed by atoms with Crippen LogP contribution in [0.3, 0.4) is 0 Å². The van der Waals surface area contributed by atoms with Gasteiger partial charge in [0.05, 0.1) is 6.61 Å². The second-order valence-corrected chi connectivity index (χ2v) is 8.23. The Morgan fingerprint density at radius 1 is 1.08 bits per heavy atom. The smallest absolute Gasteiger partial charge is 0.411 e. The maximum Gasteiger partial charge on any atom is 0.411 e. The Morgan fingerprint density at radius 2 is 1.81 bits per heavy atom. The molecule has 3 aromatic rings. The van der Waals surface area contributed by atoms with Crippen molar-refractivity contribution in [3.05, 3.63) is 42.7 Å². The van der Waals surface area contributed by atoms with Gasteiger partial charge in [0.15, 0.2) is 18.0 Å². The maximum absolute atomic E-state index is 11.8. The number of hydroxylamine groups is 2. The van der Waals surface area contributed by atoms with Gasteiger partial charge in [0.2, 0.25) is 5.89 Å². The number of unbranched alkanes of at least 4 members (excludes halogenated alkanes) is 2. The van der Waals surface area contributed by atoms with E-state index >= 15 is 0 Å². The van der Waals surface area contributed by atoms with Crippen LogP contribution < -0.4 is 26.9 Å². The zero-order chi connectivity index (χ0) is 25.5. The molecule has 0 aliphatic carbocycles. The lowest BCUT2D eigenvalue weighted by atomic mass is 10.2. The highest BCUT2D eigenvalue weighted by atomic mass is 79.9. The number of hydrogen-bond acceptors (Lipinski definition) is 8. The minimum Gasteiger partial charge on any atom is -1.00 e. The van der Waals surface area contributed by atoms with E-state index in [1.165, 1.54) is 0 Å². The minimum atomic E-state index is -0.572. The van der Waals surface area contributed by atoms with Crippen molar-refractivity contribution in [1.82, 2.24) is 10.0 Å². The molecule has 0 bridgehead atoms. The van der Waals surface area contributed by atoms with Crippen LogP contribution in [0.4, 0.5) is 10.5 Å². The topological polar surface area (TPSA) is 132 Å². The zero-order valence-corrected chi connectivity index (χ0v) is 21.9. The number of halogens is 1. The first-order valence-corrected chi connectivity index (χ1v) is 11.8. The number of amides is 3. The molecule has 4 rings (SSSR count). The molecule has 3 heterocycles. The van der Waals surface area contributed by atoms with E-state index in [1.807, 2.05) is 29.1 Å². The van der Waals surface area contributed by atoms with Gasteiger partial charge in [-0.3, -0.25) is 14.9 Å². The van der Waals surface area contributed by atoms with E-state index in [4.69, 9.17) is 14.0 Å². The molecule has 3 amide bonds. The fraction of sp³-hybridized carbons (Fsp3) is 0.360. The van der Waals surface area contributed by atoms with Gasteiger partial charge in [0.25, 0.3) is 11.8 Å². The number of aryl methyl sites for hydroxylation is 1. The van der Waals surface area contributed by atoms with Crippen LogP contribution in [0.1, 0.15) is 45.4 Å². The molecule has 0 radical (unpaired) electrons. The van der Waals surface area contributed by atoms with Gasteiger partial charge >= 0.3 is 12.1 Å². The van der Waals surface area contributed by atoms with Crippen LogP contribution in [0.5, 0.6) is 0 Å². The quantitative estimate of drug-likeness (QED) is 0.210. The highest BCUT2D eigenvalue weighted by Crippen LogP contribution is 2.26. The summed E-state index contributed by atoms with van der Waals surface area (Å²) in [7, 11) is 0. The van der Waals surface area contributed by atoms with E-state index in [9.17, 15) is 19.2 Å². The number of pyridine rings is 1. The number of nitrogens with zero attached hydrogens (tertiary/aromatic N) is 3. The van der Waals surface area contributed by atoms with Crippen molar-refractivity contribution in [3.8, 4) is 11.5 Å². The molecule has 0 atom stereocenters. The van der Waals surface area contributed by atoms with E-state index in [1.54, 1.807) is 25.1 Å². The third-order valence-corrected chi connectivity index (χ3v) is 5.54. The lowest BCUT2D eigenvalue weighted by molar-refractivity contribution is -0.697. The maximum atomic E-state index is 11.8. The molecule has 196 valence electrons. The number of ether oxygens (including phenoxy) is 1. The molecule has 0 spiro atoms. The Hall–Kier alpha value is -3.80. The molecule has 37 heavy (non-hydrogen) atoms. The number of anilines is 1. The van der Waals surface area contributed by atoms with Crippen LogP contribution >= 0.6 is 0 Å². The Bertz CT molecular complexity index is 1260. The molecule has 0 unspecified atom stereocenters. The standard InChI is InChI=1S/C25H26N4O7.BrH/c1-2-34-25(33)26-18-7-8-19-20(16-18)35-24(27-19)17-11-14-28(15-12-17)13-5-3-4-6-23(32)36-29-21(30)9-10-22(29)31;/h7-8,11-12,14-16H,2-6,9-10,13H2,1H3;1H. The first kappa shape index (κ1) is 27.8. The SMILES string of the molecule is CCOC(=O)Nc1ccc2nc(-c3cc[n+](CCCCCC(=O)ON4C(=O)CCC4=O)cc3)oc2c1.[Br-]. The number of oxazole rings is 1. The Morgan fingerprint density at radius 3 is 2.51 bits per heavy atom. The van der Waals surface area contributed by atoms with E-state index in [0.29, 0.717) is 34.2 Å². The molecular weight excluding hydrogens is 548 g/mol. The fourth-order valence-electron chi connectivity index (χ4n) is 3.71. The van der Waals surface area contributed by atoms with Crippen molar-refractivity contribution in [2.75, 3.05) is 11.9 Å². The summed E-state index contributed by atoms with van der Waals surface area (Å²) in [6, 6.07) is 9.01. The van der Waals surface area contributed by atoms with Gasteiger partial charge in [-0.15, -0.1) is 5.06 Å². The number of carbonyl (C=O) groups excluding carboxylic acids is 4.